The molecule has 0 aliphatic carbocycles. The van der Waals surface area contributed by atoms with Gasteiger partial charge >= 0.3 is 5.97 Å². The van der Waals surface area contributed by atoms with Gasteiger partial charge in [0, 0.05) is 5.70 Å². The molecule has 0 radical (unpaired) electrons. The second-order valence-electron chi connectivity index (χ2n) is 5.80. The minimum atomic E-state index is -0.453. The van der Waals surface area contributed by atoms with Crippen LogP contribution in [0.15, 0.2) is 27.9 Å². The van der Waals surface area contributed by atoms with Crippen LogP contribution in [-0.2, 0) is 9.53 Å². The number of thiocarbonyl (C=S) groups is 1. The summed E-state index contributed by atoms with van der Waals surface area (Å²) in [4.78, 5) is 12.3. The zero-order valence-electron chi connectivity index (χ0n) is 15.3. The van der Waals surface area contributed by atoms with Crippen molar-refractivity contribution in [3.8, 4) is 11.5 Å². The predicted molar refractivity (Wildman–Crippen MR) is 107 cm³/mol. The third-order valence-corrected chi connectivity index (χ3v) is 4.81. The lowest BCUT2D eigenvalue weighted by atomic mass is 9.95. The lowest BCUT2D eigenvalue weighted by Gasteiger charge is -2.30. The average molecular weight is 443 g/mol. The number of esters is 1. The summed E-state index contributed by atoms with van der Waals surface area (Å²) in [5.41, 5.74) is 1.93. The van der Waals surface area contributed by atoms with Crippen LogP contribution in [0.2, 0.25) is 0 Å². The number of nitrogens with one attached hydrogen (secondary N) is 2. The monoisotopic (exact) mass is 442 g/mol. The Morgan fingerprint density at radius 2 is 2.08 bits per heavy atom. The highest BCUT2D eigenvalue weighted by atomic mass is 79.9. The van der Waals surface area contributed by atoms with E-state index in [9.17, 15) is 4.79 Å². The molecule has 0 bridgehead atoms. The summed E-state index contributed by atoms with van der Waals surface area (Å²) in [5.74, 6) is 0.800. The minimum absolute atomic E-state index is 0.423. The Morgan fingerprint density at radius 3 is 2.69 bits per heavy atom. The Labute approximate surface area is 167 Å². The molecule has 0 fully saturated rings. The summed E-state index contributed by atoms with van der Waals surface area (Å²) >= 11 is 8.80. The Kier molecular flexibility index (Phi) is 7.28. The second kappa shape index (κ2) is 9.23. The Hall–Kier alpha value is -1.80. The molecule has 1 aliphatic heterocycles. The fourth-order valence-electron chi connectivity index (χ4n) is 2.69. The van der Waals surface area contributed by atoms with Gasteiger partial charge in [-0.2, -0.15) is 0 Å². The van der Waals surface area contributed by atoms with Crippen LogP contribution in [0.25, 0.3) is 0 Å². The maximum Gasteiger partial charge on any atom is 0.337 e. The Bertz CT molecular complexity index is 736. The van der Waals surface area contributed by atoms with Gasteiger partial charge in [0.05, 0.1) is 36.9 Å². The van der Waals surface area contributed by atoms with Crippen LogP contribution in [0.1, 0.15) is 38.3 Å². The average Bonchev–Trinajstić information content (AvgIpc) is 2.61. The van der Waals surface area contributed by atoms with E-state index in [1.54, 1.807) is 14.0 Å². The molecule has 1 atom stereocenters. The van der Waals surface area contributed by atoms with Gasteiger partial charge < -0.3 is 24.8 Å². The number of carbonyl (C=O) groups is 1. The van der Waals surface area contributed by atoms with Crippen molar-refractivity contribution in [1.29, 1.82) is 0 Å². The van der Waals surface area contributed by atoms with Crippen molar-refractivity contribution < 1.29 is 19.0 Å². The van der Waals surface area contributed by atoms with E-state index in [2.05, 4.69) is 33.5 Å². The first-order valence-corrected chi connectivity index (χ1v) is 9.49. The van der Waals surface area contributed by atoms with Crippen molar-refractivity contribution in [3.05, 3.63) is 33.4 Å². The molecule has 142 valence electrons. The number of halogens is 1. The first-order chi connectivity index (χ1) is 12.4. The van der Waals surface area contributed by atoms with E-state index in [1.165, 1.54) is 7.11 Å². The SMILES string of the molecule is CCCCOc1c(Br)cc(C2NC(=S)NC(C)=C2C(=O)OC)cc1OC. The summed E-state index contributed by atoms with van der Waals surface area (Å²) in [5, 5.41) is 6.53. The van der Waals surface area contributed by atoms with Gasteiger partial charge in [-0.05, 0) is 59.2 Å². The molecule has 0 amide bonds. The van der Waals surface area contributed by atoms with Crippen LogP contribution in [0.5, 0.6) is 11.5 Å². The number of hydrogen-bond donors (Lipinski definition) is 2. The molecule has 26 heavy (non-hydrogen) atoms. The van der Waals surface area contributed by atoms with Crippen molar-refractivity contribution in [2.75, 3.05) is 20.8 Å². The number of hydrogen-bond acceptors (Lipinski definition) is 5. The molecule has 1 aromatic rings. The maximum atomic E-state index is 12.3. The first kappa shape index (κ1) is 20.5. The topological polar surface area (TPSA) is 68.8 Å². The normalized spacial score (nSPS) is 16.7. The molecule has 8 heteroatoms. The Morgan fingerprint density at radius 1 is 1.35 bits per heavy atom. The summed E-state index contributed by atoms with van der Waals surface area (Å²) in [6.07, 6.45) is 2.00. The van der Waals surface area contributed by atoms with Gasteiger partial charge in [-0.25, -0.2) is 4.79 Å². The van der Waals surface area contributed by atoms with Gasteiger partial charge in [0.25, 0.3) is 0 Å². The fraction of sp³-hybridized carbons (Fsp3) is 0.444. The van der Waals surface area contributed by atoms with Crippen molar-refractivity contribution in [2.45, 2.75) is 32.7 Å². The highest BCUT2D eigenvalue weighted by Crippen LogP contribution is 2.40. The van der Waals surface area contributed by atoms with E-state index < -0.39 is 12.0 Å². The van der Waals surface area contributed by atoms with Crippen molar-refractivity contribution in [3.63, 3.8) is 0 Å². The summed E-state index contributed by atoms with van der Waals surface area (Å²) in [6, 6.07) is 3.28. The number of carbonyl (C=O) groups excluding carboxylic acids is 1. The smallest absolute Gasteiger partial charge is 0.337 e. The van der Waals surface area contributed by atoms with Crippen LogP contribution < -0.4 is 20.1 Å². The van der Waals surface area contributed by atoms with Gasteiger partial charge in [-0.1, -0.05) is 13.3 Å². The maximum absolute atomic E-state index is 12.3. The number of benzene rings is 1. The molecule has 1 heterocycles. The molecule has 0 saturated carbocycles. The van der Waals surface area contributed by atoms with Crippen LogP contribution in [-0.4, -0.2) is 31.9 Å². The van der Waals surface area contributed by atoms with Gasteiger partial charge in [-0.3, -0.25) is 0 Å². The molecule has 0 saturated heterocycles. The number of ether oxygens (including phenoxy) is 3. The van der Waals surface area contributed by atoms with Crippen molar-refractivity contribution >= 4 is 39.2 Å². The van der Waals surface area contributed by atoms with E-state index in [4.69, 9.17) is 26.4 Å². The molecule has 2 N–H and O–H groups in total. The zero-order valence-corrected chi connectivity index (χ0v) is 17.7. The summed E-state index contributed by atoms with van der Waals surface area (Å²) < 4.78 is 17.0. The van der Waals surface area contributed by atoms with Crippen molar-refractivity contribution in [1.82, 2.24) is 10.6 Å². The number of allylic oxidation sites excluding steroid dienone is 1. The van der Waals surface area contributed by atoms with E-state index in [0.717, 1.165) is 22.9 Å². The molecular weight excluding hydrogens is 420 g/mol. The van der Waals surface area contributed by atoms with Crippen LogP contribution in [0, 0.1) is 0 Å². The van der Waals surface area contributed by atoms with E-state index in [0.29, 0.717) is 34.5 Å². The van der Waals surface area contributed by atoms with Crippen molar-refractivity contribution in [2.24, 2.45) is 0 Å². The second-order valence-corrected chi connectivity index (χ2v) is 7.06. The van der Waals surface area contributed by atoms with Gasteiger partial charge in [0.15, 0.2) is 16.6 Å². The lowest BCUT2D eigenvalue weighted by molar-refractivity contribution is -0.136. The quantitative estimate of drug-likeness (QED) is 0.379. The molecule has 0 aromatic heterocycles. The van der Waals surface area contributed by atoms with Crippen LogP contribution in [0.3, 0.4) is 0 Å². The molecule has 1 aliphatic rings. The highest BCUT2D eigenvalue weighted by molar-refractivity contribution is 9.10. The lowest BCUT2D eigenvalue weighted by Crippen LogP contribution is -2.45. The van der Waals surface area contributed by atoms with Crippen LogP contribution in [0.4, 0.5) is 0 Å². The van der Waals surface area contributed by atoms with Gasteiger partial charge in [0.1, 0.15) is 0 Å². The highest BCUT2D eigenvalue weighted by Gasteiger charge is 2.31. The minimum Gasteiger partial charge on any atom is -0.493 e. The Balaban J connectivity index is 2.46. The van der Waals surface area contributed by atoms with Crippen LogP contribution >= 0.6 is 28.1 Å². The zero-order chi connectivity index (χ0) is 19.3. The van der Waals surface area contributed by atoms with E-state index in [-0.39, 0.29) is 0 Å². The molecule has 1 unspecified atom stereocenters. The molecule has 0 spiro atoms. The fourth-order valence-corrected chi connectivity index (χ4v) is 3.53. The third kappa shape index (κ3) is 4.48. The molecular formula is C18H23BrN2O4S. The number of methoxy groups -OCH3 is 2. The number of rotatable bonds is 7. The summed E-state index contributed by atoms with van der Waals surface area (Å²) in [7, 11) is 2.94. The van der Waals surface area contributed by atoms with Gasteiger partial charge in [-0.15, -0.1) is 0 Å². The number of unbranched alkanes of at least 4 members (excludes halogenated alkanes) is 1. The van der Waals surface area contributed by atoms with E-state index in [1.807, 2.05) is 12.1 Å². The standard InChI is InChI=1S/C18H23BrN2O4S/c1-5-6-7-25-16-12(19)8-11(9-13(16)23-3)15-14(17(22)24-4)10(2)20-18(26)21-15/h8-9,15H,5-7H2,1-4H3,(H2,20,21,26). The third-order valence-electron chi connectivity index (χ3n) is 4.00. The van der Waals surface area contributed by atoms with E-state index >= 15 is 0 Å². The molecule has 6 nitrogen and oxygen atoms in total. The molecule has 2 rings (SSSR count). The first-order valence-electron chi connectivity index (χ1n) is 8.29. The predicted octanol–water partition coefficient (Wildman–Crippen LogP) is 3.60. The molecule has 1 aromatic carbocycles. The van der Waals surface area contributed by atoms with Gasteiger partial charge in [0.2, 0.25) is 0 Å². The summed E-state index contributed by atoms with van der Waals surface area (Å²) in [6.45, 7) is 4.50. The largest absolute Gasteiger partial charge is 0.493 e.